The van der Waals surface area contributed by atoms with Gasteiger partial charge in [-0.2, -0.15) is 5.26 Å². The van der Waals surface area contributed by atoms with Crippen LogP contribution in [0.3, 0.4) is 0 Å². The van der Waals surface area contributed by atoms with Gasteiger partial charge in [-0.05, 0) is 35.9 Å². The number of hydrogen-bond acceptors (Lipinski definition) is 5. The summed E-state index contributed by atoms with van der Waals surface area (Å²) < 4.78 is 23.7. The molecule has 7 heteroatoms. The number of rotatable bonds is 5. The van der Waals surface area contributed by atoms with E-state index < -0.39 is 11.7 Å². The van der Waals surface area contributed by atoms with Gasteiger partial charge in [0.1, 0.15) is 17.5 Å². The molecule has 0 atom stereocenters. The Labute approximate surface area is 143 Å². The number of nitrogens with zero attached hydrogens (tertiary/aromatic N) is 1. The number of para-hydroxylation sites is 1. The molecule has 2 rings (SSSR count). The summed E-state index contributed by atoms with van der Waals surface area (Å²) in [6.45, 7) is 0. The highest BCUT2D eigenvalue weighted by atomic mass is 19.1. The van der Waals surface area contributed by atoms with Crippen LogP contribution in [0.4, 0.5) is 10.1 Å². The molecule has 2 N–H and O–H groups in total. The largest absolute Gasteiger partial charge is 0.502 e. The molecular weight excluding hydrogens is 327 g/mol. The molecule has 0 aliphatic heterocycles. The van der Waals surface area contributed by atoms with Crippen molar-refractivity contribution >= 4 is 17.7 Å². The van der Waals surface area contributed by atoms with Crippen molar-refractivity contribution in [2.24, 2.45) is 0 Å². The molecule has 25 heavy (non-hydrogen) atoms. The maximum absolute atomic E-state index is 13.6. The van der Waals surface area contributed by atoms with Gasteiger partial charge in [0.2, 0.25) is 5.75 Å². The zero-order valence-corrected chi connectivity index (χ0v) is 13.5. The van der Waals surface area contributed by atoms with Crippen LogP contribution in [0.15, 0.2) is 42.0 Å². The first-order valence-electron chi connectivity index (χ1n) is 7.12. The first kappa shape index (κ1) is 17.8. The third kappa shape index (κ3) is 4.06. The molecule has 0 heterocycles. The van der Waals surface area contributed by atoms with Crippen LogP contribution in [0.2, 0.25) is 0 Å². The Balaban J connectivity index is 2.36. The van der Waals surface area contributed by atoms with Gasteiger partial charge < -0.3 is 19.9 Å². The average Bonchev–Trinajstić information content (AvgIpc) is 2.62. The Hall–Kier alpha value is -3.53. The molecule has 0 saturated carbocycles. The molecule has 0 unspecified atom stereocenters. The number of carbonyl (C=O) groups excluding carboxylic acids is 1. The maximum atomic E-state index is 13.6. The van der Waals surface area contributed by atoms with Crippen molar-refractivity contribution in [1.82, 2.24) is 0 Å². The normalized spacial score (nSPS) is 10.7. The highest BCUT2D eigenvalue weighted by Gasteiger charge is 2.14. The van der Waals surface area contributed by atoms with Gasteiger partial charge in [0.15, 0.2) is 11.5 Å². The molecule has 2 aromatic carbocycles. The van der Waals surface area contributed by atoms with E-state index in [0.717, 1.165) is 0 Å². The molecule has 0 aliphatic carbocycles. The number of benzene rings is 2. The summed E-state index contributed by atoms with van der Waals surface area (Å²) in [5.74, 6) is -1.33. The van der Waals surface area contributed by atoms with Crippen molar-refractivity contribution < 1.29 is 23.8 Å². The number of nitriles is 1. The van der Waals surface area contributed by atoms with E-state index in [1.807, 2.05) is 0 Å². The fraction of sp³-hybridized carbons (Fsp3) is 0.111. The molecule has 0 radical (unpaired) electrons. The van der Waals surface area contributed by atoms with Crippen molar-refractivity contribution in [2.45, 2.75) is 0 Å². The summed E-state index contributed by atoms with van der Waals surface area (Å²) in [5.41, 5.74) is 0.110. The minimum Gasteiger partial charge on any atom is -0.502 e. The second-order valence-electron chi connectivity index (χ2n) is 4.88. The van der Waals surface area contributed by atoms with Crippen LogP contribution >= 0.6 is 0 Å². The molecule has 0 saturated heterocycles. The minimum atomic E-state index is -0.765. The number of phenols is 1. The number of phenolic OH excluding ortho intramolecular Hbond substituents is 1. The first-order chi connectivity index (χ1) is 12.0. The Bertz CT molecular complexity index is 847. The molecule has 0 bridgehead atoms. The van der Waals surface area contributed by atoms with Gasteiger partial charge in [-0.1, -0.05) is 12.1 Å². The number of hydrogen-bond donors (Lipinski definition) is 2. The van der Waals surface area contributed by atoms with Gasteiger partial charge in [0.25, 0.3) is 5.91 Å². The van der Waals surface area contributed by atoms with Gasteiger partial charge in [-0.3, -0.25) is 4.79 Å². The van der Waals surface area contributed by atoms with Crippen LogP contribution in [-0.4, -0.2) is 25.2 Å². The lowest BCUT2D eigenvalue weighted by Gasteiger charge is -2.10. The summed E-state index contributed by atoms with van der Waals surface area (Å²) in [6.07, 6.45) is 1.28. The quantitative estimate of drug-likeness (QED) is 0.643. The van der Waals surface area contributed by atoms with Crippen LogP contribution in [0.25, 0.3) is 6.08 Å². The number of amides is 1. The second kappa shape index (κ2) is 7.84. The molecule has 0 spiro atoms. The fourth-order valence-electron chi connectivity index (χ4n) is 2.06. The van der Waals surface area contributed by atoms with Crippen molar-refractivity contribution in [3.63, 3.8) is 0 Å². The van der Waals surface area contributed by atoms with E-state index in [1.54, 1.807) is 12.1 Å². The van der Waals surface area contributed by atoms with Crippen LogP contribution in [0.1, 0.15) is 5.56 Å². The van der Waals surface area contributed by atoms with Crippen molar-refractivity contribution in [2.75, 3.05) is 19.5 Å². The molecule has 2 aromatic rings. The molecule has 0 aromatic heterocycles. The van der Waals surface area contributed by atoms with Crippen LogP contribution in [0.5, 0.6) is 17.2 Å². The molecular formula is C18H15FN2O4. The SMILES string of the molecule is COc1cc(C=C(C#N)C(=O)Nc2ccccc2F)cc(OC)c1O. The van der Waals surface area contributed by atoms with Gasteiger partial charge >= 0.3 is 0 Å². The molecule has 0 fully saturated rings. The number of ether oxygens (including phenoxy) is 2. The van der Waals surface area contributed by atoms with Crippen molar-refractivity contribution in [3.05, 3.63) is 53.4 Å². The smallest absolute Gasteiger partial charge is 0.266 e. The van der Waals surface area contributed by atoms with Gasteiger partial charge in [0.05, 0.1) is 19.9 Å². The highest BCUT2D eigenvalue weighted by molar-refractivity contribution is 6.09. The second-order valence-corrected chi connectivity index (χ2v) is 4.88. The van der Waals surface area contributed by atoms with E-state index >= 15 is 0 Å². The Morgan fingerprint density at radius 3 is 2.36 bits per heavy atom. The van der Waals surface area contributed by atoms with E-state index in [0.29, 0.717) is 5.56 Å². The van der Waals surface area contributed by atoms with E-state index in [-0.39, 0.29) is 28.5 Å². The monoisotopic (exact) mass is 342 g/mol. The van der Waals surface area contributed by atoms with E-state index in [2.05, 4.69) is 5.32 Å². The van der Waals surface area contributed by atoms with Crippen molar-refractivity contribution in [3.8, 4) is 23.3 Å². The standard InChI is InChI=1S/C18H15FN2O4/c1-24-15-8-11(9-16(25-2)17(15)22)7-12(10-20)18(23)21-14-6-4-3-5-13(14)19/h3-9,22H,1-2H3,(H,21,23). The lowest BCUT2D eigenvalue weighted by atomic mass is 10.1. The minimum absolute atomic E-state index is 0.0329. The molecule has 0 aliphatic rings. The predicted octanol–water partition coefficient (Wildman–Crippen LogP) is 3.09. The summed E-state index contributed by atoms with van der Waals surface area (Å²) >= 11 is 0. The van der Waals surface area contributed by atoms with E-state index in [4.69, 9.17) is 9.47 Å². The molecule has 6 nitrogen and oxygen atoms in total. The third-order valence-corrected chi connectivity index (χ3v) is 3.30. The fourth-order valence-corrected chi connectivity index (χ4v) is 2.06. The zero-order valence-electron chi connectivity index (χ0n) is 13.5. The third-order valence-electron chi connectivity index (χ3n) is 3.30. The van der Waals surface area contributed by atoms with Crippen LogP contribution in [-0.2, 0) is 4.79 Å². The number of nitrogens with one attached hydrogen (secondary N) is 1. The number of carbonyl (C=O) groups is 1. The Kier molecular flexibility index (Phi) is 5.58. The van der Waals surface area contributed by atoms with Crippen molar-refractivity contribution in [1.29, 1.82) is 5.26 Å². The molecule has 128 valence electrons. The Morgan fingerprint density at radius 1 is 1.24 bits per heavy atom. The lowest BCUT2D eigenvalue weighted by molar-refractivity contribution is -0.112. The number of anilines is 1. The summed E-state index contributed by atoms with van der Waals surface area (Å²) in [6, 6.07) is 10.3. The predicted molar refractivity (Wildman–Crippen MR) is 89.8 cm³/mol. The van der Waals surface area contributed by atoms with Gasteiger partial charge in [-0.15, -0.1) is 0 Å². The van der Waals surface area contributed by atoms with E-state index in [1.165, 1.54) is 50.6 Å². The number of halogens is 1. The zero-order chi connectivity index (χ0) is 18.4. The summed E-state index contributed by atoms with van der Waals surface area (Å²) in [4.78, 5) is 12.2. The number of methoxy groups -OCH3 is 2. The van der Waals surface area contributed by atoms with Gasteiger partial charge in [0, 0.05) is 0 Å². The average molecular weight is 342 g/mol. The van der Waals surface area contributed by atoms with Crippen LogP contribution < -0.4 is 14.8 Å². The Morgan fingerprint density at radius 2 is 1.84 bits per heavy atom. The van der Waals surface area contributed by atoms with Crippen LogP contribution in [0, 0.1) is 17.1 Å². The van der Waals surface area contributed by atoms with E-state index in [9.17, 15) is 19.6 Å². The summed E-state index contributed by atoms with van der Waals surface area (Å²) in [7, 11) is 2.72. The maximum Gasteiger partial charge on any atom is 0.266 e. The van der Waals surface area contributed by atoms with Gasteiger partial charge in [-0.25, -0.2) is 4.39 Å². The highest BCUT2D eigenvalue weighted by Crippen LogP contribution is 2.37. The number of aromatic hydroxyl groups is 1. The first-order valence-corrected chi connectivity index (χ1v) is 7.12. The molecule has 1 amide bonds. The summed E-state index contributed by atoms with van der Waals surface area (Å²) in [5, 5.41) is 21.4. The lowest BCUT2D eigenvalue weighted by Crippen LogP contribution is -2.14. The topological polar surface area (TPSA) is 91.6 Å².